The van der Waals surface area contributed by atoms with Crippen molar-refractivity contribution < 1.29 is 0 Å². The number of benzene rings is 1. The number of hydrogen-bond acceptors (Lipinski definition) is 1. The zero-order valence-electron chi connectivity index (χ0n) is 8.39. The van der Waals surface area contributed by atoms with Crippen molar-refractivity contribution in [1.29, 1.82) is 0 Å². The lowest BCUT2D eigenvalue weighted by atomic mass is 10.0. The van der Waals surface area contributed by atoms with E-state index >= 15 is 0 Å². The first-order valence-electron chi connectivity index (χ1n) is 4.39. The third kappa shape index (κ3) is 2.11. The van der Waals surface area contributed by atoms with E-state index in [0.29, 0.717) is 0 Å². The molecule has 1 nitrogen and oxygen atoms in total. The smallest absolute Gasteiger partial charge is 0.0940 e. The van der Waals surface area contributed by atoms with Crippen molar-refractivity contribution in [2.45, 2.75) is 19.9 Å². The van der Waals surface area contributed by atoms with Crippen LogP contribution in [0.15, 0.2) is 18.2 Å². The standard InChI is InChI=1S/C12H15N/c1-5-12(13-4)11-7-6-9(2)10(3)8-11/h1,6-8,12-13H,2-4H3/t12-/m0/s1. The van der Waals surface area contributed by atoms with Crippen molar-refractivity contribution in [2.75, 3.05) is 7.05 Å². The number of aryl methyl sites for hydroxylation is 2. The third-order valence-corrected chi connectivity index (χ3v) is 2.32. The zero-order chi connectivity index (χ0) is 9.84. The average molecular weight is 173 g/mol. The van der Waals surface area contributed by atoms with Gasteiger partial charge in [-0.3, -0.25) is 0 Å². The molecular weight excluding hydrogens is 158 g/mol. The van der Waals surface area contributed by atoms with Gasteiger partial charge in [0.05, 0.1) is 6.04 Å². The quantitative estimate of drug-likeness (QED) is 0.676. The Bertz CT molecular complexity index is 333. The molecule has 1 atom stereocenters. The lowest BCUT2D eigenvalue weighted by Crippen LogP contribution is -2.14. The third-order valence-electron chi connectivity index (χ3n) is 2.32. The fourth-order valence-corrected chi connectivity index (χ4v) is 1.29. The second-order valence-corrected chi connectivity index (χ2v) is 3.23. The van der Waals surface area contributed by atoms with Crippen molar-refractivity contribution >= 4 is 0 Å². The second kappa shape index (κ2) is 4.11. The largest absolute Gasteiger partial charge is 0.303 e. The van der Waals surface area contributed by atoms with Crippen LogP contribution in [-0.4, -0.2) is 7.05 Å². The van der Waals surface area contributed by atoms with Crippen LogP contribution in [0, 0.1) is 26.2 Å². The van der Waals surface area contributed by atoms with Gasteiger partial charge in [0.2, 0.25) is 0 Å². The highest BCUT2D eigenvalue weighted by atomic mass is 14.9. The van der Waals surface area contributed by atoms with Crippen molar-refractivity contribution in [3.63, 3.8) is 0 Å². The van der Waals surface area contributed by atoms with Crippen molar-refractivity contribution in [3.8, 4) is 12.3 Å². The first-order chi connectivity index (χ1) is 6.19. The van der Waals surface area contributed by atoms with E-state index in [-0.39, 0.29) is 6.04 Å². The van der Waals surface area contributed by atoms with Gasteiger partial charge in [-0.25, -0.2) is 0 Å². The van der Waals surface area contributed by atoms with Gasteiger partial charge in [0.25, 0.3) is 0 Å². The SMILES string of the molecule is C#C[C@H](NC)c1ccc(C)c(C)c1. The van der Waals surface area contributed by atoms with Crippen LogP contribution in [0.4, 0.5) is 0 Å². The number of rotatable bonds is 2. The Morgan fingerprint density at radius 2 is 2.00 bits per heavy atom. The van der Waals surface area contributed by atoms with Crippen LogP contribution in [0.3, 0.4) is 0 Å². The predicted octanol–water partition coefficient (Wildman–Crippen LogP) is 2.20. The lowest BCUT2D eigenvalue weighted by Gasteiger charge is -2.11. The Labute approximate surface area is 80.2 Å². The Morgan fingerprint density at radius 3 is 2.46 bits per heavy atom. The van der Waals surface area contributed by atoms with E-state index in [9.17, 15) is 0 Å². The van der Waals surface area contributed by atoms with Crippen LogP contribution in [0.5, 0.6) is 0 Å². The Kier molecular flexibility index (Phi) is 3.11. The fourth-order valence-electron chi connectivity index (χ4n) is 1.29. The summed E-state index contributed by atoms with van der Waals surface area (Å²) in [5, 5.41) is 3.08. The topological polar surface area (TPSA) is 12.0 Å². The van der Waals surface area contributed by atoms with Crippen LogP contribution in [0.25, 0.3) is 0 Å². The minimum Gasteiger partial charge on any atom is -0.303 e. The molecule has 0 bridgehead atoms. The molecule has 0 saturated heterocycles. The summed E-state index contributed by atoms with van der Waals surface area (Å²) in [5.74, 6) is 2.70. The molecule has 1 rings (SSSR count). The van der Waals surface area contributed by atoms with Gasteiger partial charge in [0.1, 0.15) is 0 Å². The maximum Gasteiger partial charge on any atom is 0.0940 e. The van der Waals surface area contributed by atoms with E-state index in [4.69, 9.17) is 6.42 Å². The van der Waals surface area contributed by atoms with Gasteiger partial charge in [-0.1, -0.05) is 24.1 Å². The molecule has 0 aliphatic heterocycles. The van der Waals surface area contributed by atoms with Crippen molar-refractivity contribution in [3.05, 3.63) is 34.9 Å². The van der Waals surface area contributed by atoms with Crippen LogP contribution < -0.4 is 5.32 Å². The number of nitrogens with one attached hydrogen (secondary N) is 1. The molecular formula is C12H15N. The summed E-state index contributed by atoms with van der Waals surface area (Å²) < 4.78 is 0. The molecule has 0 aromatic heterocycles. The maximum absolute atomic E-state index is 5.39. The van der Waals surface area contributed by atoms with Crippen LogP contribution in [0.1, 0.15) is 22.7 Å². The fraction of sp³-hybridized carbons (Fsp3) is 0.333. The number of hydrogen-bond donors (Lipinski definition) is 1. The van der Waals surface area contributed by atoms with Gasteiger partial charge in [-0.2, -0.15) is 0 Å². The molecule has 0 aliphatic rings. The van der Waals surface area contributed by atoms with E-state index in [0.717, 1.165) is 5.56 Å². The maximum atomic E-state index is 5.39. The summed E-state index contributed by atoms with van der Waals surface area (Å²) in [7, 11) is 1.87. The minimum absolute atomic E-state index is 0.0271. The van der Waals surface area contributed by atoms with Crippen LogP contribution >= 0.6 is 0 Å². The lowest BCUT2D eigenvalue weighted by molar-refractivity contribution is 0.735. The van der Waals surface area contributed by atoms with Gasteiger partial charge in [-0.15, -0.1) is 6.42 Å². The van der Waals surface area contributed by atoms with E-state index in [1.54, 1.807) is 0 Å². The van der Waals surface area contributed by atoms with E-state index in [2.05, 4.69) is 43.3 Å². The highest BCUT2D eigenvalue weighted by Crippen LogP contribution is 2.15. The van der Waals surface area contributed by atoms with Gasteiger partial charge < -0.3 is 5.32 Å². The van der Waals surface area contributed by atoms with Gasteiger partial charge in [-0.05, 0) is 37.6 Å². The molecule has 1 heteroatoms. The Hall–Kier alpha value is -1.26. The van der Waals surface area contributed by atoms with Gasteiger partial charge >= 0.3 is 0 Å². The normalized spacial score (nSPS) is 12.2. The minimum atomic E-state index is 0.0271. The summed E-state index contributed by atoms with van der Waals surface area (Å²) in [6.45, 7) is 4.20. The van der Waals surface area contributed by atoms with Gasteiger partial charge in [0, 0.05) is 0 Å². The summed E-state index contributed by atoms with van der Waals surface area (Å²) in [6.07, 6.45) is 5.39. The molecule has 0 unspecified atom stereocenters. The second-order valence-electron chi connectivity index (χ2n) is 3.23. The Morgan fingerprint density at radius 1 is 1.31 bits per heavy atom. The molecule has 0 fully saturated rings. The van der Waals surface area contributed by atoms with E-state index < -0.39 is 0 Å². The molecule has 0 amide bonds. The highest BCUT2D eigenvalue weighted by Gasteiger charge is 2.05. The van der Waals surface area contributed by atoms with Crippen LogP contribution in [0.2, 0.25) is 0 Å². The molecule has 0 heterocycles. The Balaban J connectivity index is 3.04. The summed E-state index contributed by atoms with van der Waals surface area (Å²) in [4.78, 5) is 0. The number of terminal acetylenes is 1. The van der Waals surface area contributed by atoms with Crippen LogP contribution in [-0.2, 0) is 0 Å². The summed E-state index contributed by atoms with van der Waals surface area (Å²) >= 11 is 0. The molecule has 1 N–H and O–H groups in total. The zero-order valence-corrected chi connectivity index (χ0v) is 8.39. The monoisotopic (exact) mass is 173 g/mol. The molecule has 0 saturated carbocycles. The molecule has 1 aromatic carbocycles. The highest BCUT2D eigenvalue weighted by molar-refractivity contribution is 5.34. The summed E-state index contributed by atoms with van der Waals surface area (Å²) in [6, 6.07) is 6.34. The molecule has 68 valence electrons. The van der Waals surface area contributed by atoms with E-state index in [1.807, 2.05) is 7.05 Å². The molecule has 13 heavy (non-hydrogen) atoms. The molecule has 0 radical (unpaired) electrons. The predicted molar refractivity (Wildman–Crippen MR) is 56.5 cm³/mol. The summed E-state index contributed by atoms with van der Waals surface area (Å²) in [5.41, 5.74) is 3.75. The molecule has 0 aliphatic carbocycles. The first kappa shape index (κ1) is 9.83. The molecule has 1 aromatic rings. The van der Waals surface area contributed by atoms with Crippen molar-refractivity contribution in [1.82, 2.24) is 5.32 Å². The average Bonchev–Trinajstić information content (AvgIpc) is 2.13. The molecule has 0 spiro atoms. The van der Waals surface area contributed by atoms with Crippen molar-refractivity contribution in [2.24, 2.45) is 0 Å². The van der Waals surface area contributed by atoms with E-state index in [1.165, 1.54) is 11.1 Å². The first-order valence-corrected chi connectivity index (χ1v) is 4.39. The van der Waals surface area contributed by atoms with Gasteiger partial charge in [0.15, 0.2) is 0 Å².